The molecule has 1 amide bonds. The molecule has 1 aromatic heterocycles. The molecular formula is C18H22N4O3. The Labute approximate surface area is 146 Å². The Balaban J connectivity index is 1.43. The minimum Gasteiger partial charge on any atom is -0.497 e. The van der Waals surface area contributed by atoms with Crippen molar-refractivity contribution in [2.75, 3.05) is 20.3 Å². The van der Waals surface area contributed by atoms with Crippen LogP contribution in [0.1, 0.15) is 34.6 Å². The molecule has 1 aliphatic heterocycles. The minimum absolute atomic E-state index is 0.0138. The summed E-state index contributed by atoms with van der Waals surface area (Å²) in [7, 11) is 1.61. The maximum Gasteiger partial charge on any atom is 0.254 e. The van der Waals surface area contributed by atoms with E-state index in [0.717, 1.165) is 29.7 Å². The van der Waals surface area contributed by atoms with Crippen molar-refractivity contribution in [2.24, 2.45) is 5.92 Å². The lowest BCUT2D eigenvalue weighted by Crippen LogP contribution is -2.38. The standard InChI is InChI=1S/C18H22N4O3/c1-24-15-6-4-14(5-7-15)18(23)21-8-9-22-17(10-21)16(19-20-22)12-25-11-13-2-3-13/h4-7,13H,2-3,8-12H2,1H3. The van der Waals surface area contributed by atoms with Gasteiger partial charge in [0, 0.05) is 18.7 Å². The van der Waals surface area contributed by atoms with Crippen LogP contribution in [-0.2, 0) is 24.4 Å². The van der Waals surface area contributed by atoms with Gasteiger partial charge in [0.2, 0.25) is 0 Å². The van der Waals surface area contributed by atoms with Gasteiger partial charge in [-0.05, 0) is 43.0 Å². The van der Waals surface area contributed by atoms with E-state index in [4.69, 9.17) is 9.47 Å². The van der Waals surface area contributed by atoms with Gasteiger partial charge >= 0.3 is 0 Å². The fourth-order valence-corrected chi connectivity index (χ4v) is 3.00. The van der Waals surface area contributed by atoms with E-state index >= 15 is 0 Å². The second-order valence-electron chi connectivity index (χ2n) is 6.62. The summed E-state index contributed by atoms with van der Waals surface area (Å²) in [6.45, 7) is 3.06. The Morgan fingerprint density at radius 2 is 2.04 bits per heavy atom. The molecule has 2 aromatic rings. The number of rotatable bonds is 6. The van der Waals surface area contributed by atoms with Gasteiger partial charge in [0.05, 0.1) is 32.5 Å². The Kier molecular flexibility index (Phi) is 4.40. The van der Waals surface area contributed by atoms with Gasteiger partial charge in [0.25, 0.3) is 5.91 Å². The number of hydrogen-bond donors (Lipinski definition) is 0. The summed E-state index contributed by atoms with van der Waals surface area (Å²) in [6, 6.07) is 7.20. The summed E-state index contributed by atoms with van der Waals surface area (Å²) in [5.41, 5.74) is 2.48. The molecule has 7 nitrogen and oxygen atoms in total. The summed E-state index contributed by atoms with van der Waals surface area (Å²) < 4.78 is 12.8. The average molecular weight is 342 g/mol. The first-order chi connectivity index (χ1) is 12.2. The molecule has 2 heterocycles. The average Bonchev–Trinajstić information content (AvgIpc) is 3.40. The lowest BCUT2D eigenvalue weighted by Gasteiger charge is -2.28. The van der Waals surface area contributed by atoms with Gasteiger partial charge in [-0.15, -0.1) is 5.10 Å². The lowest BCUT2D eigenvalue weighted by molar-refractivity contribution is 0.0699. The molecule has 0 bridgehead atoms. The highest BCUT2D eigenvalue weighted by atomic mass is 16.5. The molecule has 1 saturated carbocycles. The van der Waals surface area contributed by atoms with Crippen LogP contribution in [0.5, 0.6) is 5.75 Å². The number of methoxy groups -OCH3 is 1. The normalized spacial score (nSPS) is 16.6. The van der Waals surface area contributed by atoms with E-state index in [1.807, 2.05) is 9.58 Å². The highest BCUT2D eigenvalue weighted by Gasteiger charge is 2.26. The predicted molar refractivity (Wildman–Crippen MR) is 90.1 cm³/mol. The van der Waals surface area contributed by atoms with Crippen LogP contribution in [0.25, 0.3) is 0 Å². The maximum absolute atomic E-state index is 12.8. The maximum atomic E-state index is 12.8. The number of benzene rings is 1. The Morgan fingerprint density at radius 1 is 1.24 bits per heavy atom. The van der Waals surface area contributed by atoms with Crippen molar-refractivity contribution in [3.63, 3.8) is 0 Å². The molecule has 0 spiro atoms. The third-order valence-electron chi connectivity index (χ3n) is 4.75. The van der Waals surface area contributed by atoms with Gasteiger partial charge in [-0.1, -0.05) is 5.21 Å². The van der Waals surface area contributed by atoms with Crippen LogP contribution < -0.4 is 4.74 Å². The molecular weight excluding hydrogens is 320 g/mol. The highest BCUT2D eigenvalue weighted by Crippen LogP contribution is 2.29. The van der Waals surface area contributed by atoms with Gasteiger partial charge in [-0.3, -0.25) is 4.79 Å². The van der Waals surface area contributed by atoms with Crippen LogP contribution in [-0.4, -0.2) is 46.1 Å². The zero-order chi connectivity index (χ0) is 17.2. The van der Waals surface area contributed by atoms with Crippen LogP contribution in [0.4, 0.5) is 0 Å². The van der Waals surface area contributed by atoms with Crippen LogP contribution in [0.2, 0.25) is 0 Å². The third-order valence-corrected chi connectivity index (χ3v) is 4.75. The predicted octanol–water partition coefficient (Wildman–Crippen LogP) is 1.87. The second kappa shape index (κ2) is 6.84. The number of carbonyl (C=O) groups is 1. The van der Waals surface area contributed by atoms with Crippen LogP contribution >= 0.6 is 0 Å². The first-order valence-electron chi connectivity index (χ1n) is 8.67. The summed E-state index contributed by atoms with van der Waals surface area (Å²) in [6.07, 6.45) is 2.54. The van der Waals surface area contributed by atoms with Crippen LogP contribution in [0, 0.1) is 5.92 Å². The van der Waals surface area contributed by atoms with E-state index in [2.05, 4.69) is 10.3 Å². The van der Waals surface area contributed by atoms with E-state index in [9.17, 15) is 4.79 Å². The van der Waals surface area contributed by atoms with Crippen molar-refractivity contribution < 1.29 is 14.3 Å². The molecule has 4 rings (SSSR count). The number of hydrogen-bond acceptors (Lipinski definition) is 5. The number of ether oxygens (including phenoxy) is 2. The first-order valence-corrected chi connectivity index (χ1v) is 8.67. The zero-order valence-corrected chi connectivity index (χ0v) is 14.4. The van der Waals surface area contributed by atoms with Gasteiger partial charge in [-0.25, -0.2) is 4.68 Å². The Hall–Kier alpha value is -2.41. The Morgan fingerprint density at radius 3 is 2.76 bits per heavy atom. The quantitative estimate of drug-likeness (QED) is 0.801. The highest BCUT2D eigenvalue weighted by molar-refractivity contribution is 5.94. The van der Waals surface area contributed by atoms with Crippen molar-refractivity contribution in [3.05, 3.63) is 41.2 Å². The molecule has 0 unspecified atom stereocenters. The number of fused-ring (bicyclic) bond motifs is 1. The van der Waals surface area contributed by atoms with E-state index in [1.54, 1.807) is 31.4 Å². The van der Waals surface area contributed by atoms with Crippen molar-refractivity contribution >= 4 is 5.91 Å². The monoisotopic (exact) mass is 342 g/mol. The van der Waals surface area contributed by atoms with E-state index in [1.165, 1.54) is 12.8 Å². The molecule has 25 heavy (non-hydrogen) atoms. The lowest BCUT2D eigenvalue weighted by atomic mass is 10.1. The molecule has 1 fully saturated rings. The number of aromatic nitrogens is 3. The fraction of sp³-hybridized carbons (Fsp3) is 0.500. The first kappa shape index (κ1) is 16.1. The molecule has 0 saturated heterocycles. The molecule has 1 aliphatic carbocycles. The third kappa shape index (κ3) is 3.51. The largest absolute Gasteiger partial charge is 0.497 e. The Bertz CT molecular complexity index is 752. The van der Waals surface area contributed by atoms with Crippen LogP contribution in [0.15, 0.2) is 24.3 Å². The summed E-state index contributed by atoms with van der Waals surface area (Å²) in [5.74, 6) is 1.48. The summed E-state index contributed by atoms with van der Waals surface area (Å²) in [4.78, 5) is 14.6. The van der Waals surface area contributed by atoms with E-state index in [0.29, 0.717) is 31.8 Å². The zero-order valence-electron chi connectivity index (χ0n) is 14.4. The number of carbonyl (C=O) groups excluding carboxylic acids is 1. The van der Waals surface area contributed by atoms with Gasteiger partial charge in [0.1, 0.15) is 11.4 Å². The van der Waals surface area contributed by atoms with Gasteiger partial charge < -0.3 is 14.4 Å². The van der Waals surface area contributed by atoms with Crippen molar-refractivity contribution in [1.82, 2.24) is 19.9 Å². The van der Waals surface area contributed by atoms with Crippen molar-refractivity contribution in [1.29, 1.82) is 0 Å². The smallest absolute Gasteiger partial charge is 0.254 e. The molecule has 132 valence electrons. The molecule has 2 aliphatic rings. The molecule has 0 radical (unpaired) electrons. The van der Waals surface area contributed by atoms with Gasteiger partial charge in [-0.2, -0.15) is 0 Å². The van der Waals surface area contributed by atoms with Gasteiger partial charge in [0.15, 0.2) is 0 Å². The van der Waals surface area contributed by atoms with Crippen molar-refractivity contribution in [3.8, 4) is 5.75 Å². The van der Waals surface area contributed by atoms with E-state index < -0.39 is 0 Å². The molecule has 0 N–H and O–H groups in total. The second-order valence-corrected chi connectivity index (χ2v) is 6.62. The molecule has 1 aromatic carbocycles. The number of nitrogens with zero attached hydrogens (tertiary/aromatic N) is 4. The topological polar surface area (TPSA) is 69.5 Å². The number of amides is 1. The van der Waals surface area contributed by atoms with E-state index in [-0.39, 0.29) is 5.91 Å². The molecule has 7 heteroatoms. The molecule has 0 atom stereocenters. The van der Waals surface area contributed by atoms with Crippen LogP contribution in [0.3, 0.4) is 0 Å². The SMILES string of the molecule is COc1ccc(C(=O)N2CCn3nnc(COCC4CC4)c3C2)cc1. The summed E-state index contributed by atoms with van der Waals surface area (Å²) >= 11 is 0. The minimum atomic E-state index is 0.0138. The fourth-order valence-electron chi connectivity index (χ4n) is 3.00. The summed E-state index contributed by atoms with van der Waals surface area (Å²) in [5, 5.41) is 8.43. The van der Waals surface area contributed by atoms with Crippen molar-refractivity contribution in [2.45, 2.75) is 32.5 Å².